The van der Waals surface area contributed by atoms with E-state index in [4.69, 9.17) is 0 Å². The van der Waals surface area contributed by atoms with Gasteiger partial charge in [0.25, 0.3) is 0 Å². The predicted octanol–water partition coefficient (Wildman–Crippen LogP) is 3.28. The maximum atomic E-state index is 13.7. The van der Waals surface area contributed by atoms with E-state index in [-0.39, 0.29) is 6.42 Å². The lowest BCUT2D eigenvalue weighted by Crippen LogP contribution is -2.49. The quantitative estimate of drug-likeness (QED) is 0.837. The number of piperidine rings is 1. The van der Waals surface area contributed by atoms with E-state index < -0.39 is 17.2 Å². The monoisotopic (exact) mass is 264 g/mol. The molecule has 2 nitrogen and oxygen atoms in total. The molecule has 1 aliphatic heterocycles. The summed E-state index contributed by atoms with van der Waals surface area (Å²) in [6, 6.07) is 5.86. The van der Waals surface area contributed by atoms with Gasteiger partial charge in [-0.2, -0.15) is 5.26 Å². The molecule has 0 N–H and O–H groups in total. The Hall–Kier alpha value is -1.47. The van der Waals surface area contributed by atoms with Crippen LogP contribution in [0, 0.1) is 23.0 Å². The first-order chi connectivity index (χ1) is 9.05. The van der Waals surface area contributed by atoms with E-state index in [2.05, 4.69) is 11.0 Å². The van der Waals surface area contributed by atoms with Crippen molar-refractivity contribution in [1.29, 1.82) is 5.26 Å². The van der Waals surface area contributed by atoms with Crippen LogP contribution in [0.15, 0.2) is 18.2 Å². The molecule has 0 spiro atoms. The highest BCUT2D eigenvalue weighted by molar-refractivity contribution is 5.24. The van der Waals surface area contributed by atoms with Gasteiger partial charge in [-0.15, -0.1) is 0 Å². The van der Waals surface area contributed by atoms with Crippen LogP contribution in [0.5, 0.6) is 0 Å². The SMILES string of the molecule is CC(C#N)(Cc1ccc(F)cc1F)N1CCCCC1. The molecular formula is C15H18F2N2. The molecule has 4 heteroatoms. The first kappa shape index (κ1) is 14.0. The fourth-order valence-corrected chi connectivity index (χ4v) is 2.65. The van der Waals surface area contributed by atoms with Crippen molar-refractivity contribution in [2.24, 2.45) is 0 Å². The Morgan fingerprint density at radius 2 is 1.95 bits per heavy atom. The van der Waals surface area contributed by atoms with Crippen molar-refractivity contribution in [3.05, 3.63) is 35.4 Å². The molecule has 0 radical (unpaired) electrons. The molecule has 0 saturated carbocycles. The zero-order valence-electron chi connectivity index (χ0n) is 11.1. The number of rotatable bonds is 3. The van der Waals surface area contributed by atoms with Gasteiger partial charge in [0.15, 0.2) is 0 Å². The predicted molar refractivity (Wildman–Crippen MR) is 69.5 cm³/mol. The summed E-state index contributed by atoms with van der Waals surface area (Å²) in [7, 11) is 0. The largest absolute Gasteiger partial charge is 0.285 e. The number of benzene rings is 1. The average molecular weight is 264 g/mol. The van der Waals surface area contributed by atoms with E-state index in [0.717, 1.165) is 32.0 Å². The number of halogens is 2. The van der Waals surface area contributed by atoms with Crippen molar-refractivity contribution < 1.29 is 8.78 Å². The van der Waals surface area contributed by atoms with E-state index in [9.17, 15) is 14.0 Å². The Balaban J connectivity index is 2.20. The lowest BCUT2D eigenvalue weighted by molar-refractivity contribution is 0.123. The van der Waals surface area contributed by atoms with Crippen LogP contribution in [0.25, 0.3) is 0 Å². The van der Waals surface area contributed by atoms with Crippen LogP contribution in [0.2, 0.25) is 0 Å². The maximum absolute atomic E-state index is 13.7. The zero-order valence-corrected chi connectivity index (χ0v) is 11.1. The second-order valence-corrected chi connectivity index (χ2v) is 5.35. The summed E-state index contributed by atoms with van der Waals surface area (Å²) in [5.74, 6) is -1.16. The summed E-state index contributed by atoms with van der Waals surface area (Å²) in [4.78, 5) is 2.11. The summed E-state index contributed by atoms with van der Waals surface area (Å²) >= 11 is 0. The summed E-state index contributed by atoms with van der Waals surface area (Å²) < 4.78 is 26.6. The van der Waals surface area contributed by atoms with Crippen LogP contribution < -0.4 is 0 Å². The van der Waals surface area contributed by atoms with Gasteiger partial charge < -0.3 is 0 Å². The minimum atomic E-state index is -0.723. The van der Waals surface area contributed by atoms with Gasteiger partial charge in [-0.25, -0.2) is 8.78 Å². The van der Waals surface area contributed by atoms with Crippen LogP contribution in [0.4, 0.5) is 8.78 Å². The molecule has 19 heavy (non-hydrogen) atoms. The summed E-state index contributed by atoms with van der Waals surface area (Å²) in [6.45, 7) is 3.57. The van der Waals surface area contributed by atoms with Gasteiger partial charge in [-0.1, -0.05) is 12.5 Å². The smallest absolute Gasteiger partial charge is 0.129 e. The van der Waals surface area contributed by atoms with Crippen LogP contribution in [-0.4, -0.2) is 23.5 Å². The molecule has 1 heterocycles. The summed E-state index contributed by atoms with van der Waals surface area (Å²) in [6.07, 6.45) is 3.62. The Labute approximate surface area is 112 Å². The van der Waals surface area contributed by atoms with Crippen LogP contribution >= 0.6 is 0 Å². The van der Waals surface area contributed by atoms with Gasteiger partial charge in [-0.3, -0.25) is 4.90 Å². The molecule has 0 aliphatic carbocycles. The lowest BCUT2D eigenvalue weighted by Gasteiger charge is -2.38. The van der Waals surface area contributed by atoms with Crippen LogP contribution in [0.1, 0.15) is 31.7 Å². The summed E-state index contributed by atoms with van der Waals surface area (Å²) in [5.41, 5.74) is -0.324. The Kier molecular flexibility index (Phi) is 4.16. The number of hydrogen-bond donors (Lipinski definition) is 0. The van der Waals surface area contributed by atoms with E-state index in [1.165, 1.54) is 18.6 Å². The third kappa shape index (κ3) is 3.10. The fraction of sp³-hybridized carbons (Fsp3) is 0.533. The third-order valence-corrected chi connectivity index (χ3v) is 3.84. The third-order valence-electron chi connectivity index (χ3n) is 3.84. The molecule has 2 rings (SSSR count). The molecule has 1 aromatic rings. The fourth-order valence-electron chi connectivity index (χ4n) is 2.65. The molecule has 0 aromatic heterocycles. The number of hydrogen-bond acceptors (Lipinski definition) is 2. The highest BCUT2D eigenvalue weighted by Gasteiger charge is 2.33. The topological polar surface area (TPSA) is 27.0 Å². The van der Waals surface area contributed by atoms with Crippen molar-refractivity contribution in [3.8, 4) is 6.07 Å². The second kappa shape index (κ2) is 5.66. The zero-order chi connectivity index (χ0) is 13.9. The maximum Gasteiger partial charge on any atom is 0.129 e. The lowest BCUT2D eigenvalue weighted by atomic mass is 9.90. The van der Waals surface area contributed by atoms with Crippen molar-refractivity contribution >= 4 is 0 Å². The van der Waals surface area contributed by atoms with Gasteiger partial charge in [0.2, 0.25) is 0 Å². The van der Waals surface area contributed by atoms with Gasteiger partial charge in [0, 0.05) is 12.5 Å². The van der Waals surface area contributed by atoms with Gasteiger partial charge in [0.05, 0.1) is 6.07 Å². The molecule has 1 fully saturated rings. The van der Waals surface area contributed by atoms with Crippen molar-refractivity contribution in [1.82, 2.24) is 4.90 Å². The normalized spacial score (nSPS) is 19.7. The van der Waals surface area contributed by atoms with Crippen LogP contribution in [0.3, 0.4) is 0 Å². The minimum Gasteiger partial charge on any atom is -0.285 e. The molecule has 0 amide bonds. The van der Waals surface area contributed by atoms with Gasteiger partial charge in [0.1, 0.15) is 17.2 Å². The Morgan fingerprint density at radius 1 is 1.26 bits per heavy atom. The highest BCUT2D eigenvalue weighted by atomic mass is 19.1. The molecule has 1 saturated heterocycles. The van der Waals surface area contributed by atoms with Crippen molar-refractivity contribution in [3.63, 3.8) is 0 Å². The minimum absolute atomic E-state index is 0.287. The van der Waals surface area contributed by atoms with E-state index >= 15 is 0 Å². The number of nitriles is 1. The standard InChI is InChI=1S/C15H18F2N2/c1-15(11-18,19-7-3-2-4-8-19)10-12-5-6-13(16)9-14(12)17/h5-6,9H,2-4,7-8,10H2,1H3. The van der Waals surface area contributed by atoms with Crippen molar-refractivity contribution in [2.45, 2.75) is 38.1 Å². The molecular weight excluding hydrogens is 246 g/mol. The molecule has 102 valence electrons. The molecule has 1 aromatic carbocycles. The number of likely N-dealkylation sites (tertiary alicyclic amines) is 1. The first-order valence-electron chi connectivity index (χ1n) is 6.65. The van der Waals surface area contributed by atoms with Gasteiger partial charge in [-0.05, 0) is 44.5 Å². The van der Waals surface area contributed by atoms with Gasteiger partial charge >= 0.3 is 0 Å². The molecule has 0 bridgehead atoms. The number of nitrogens with zero attached hydrogens (tertiary/aromatic N) is 2. The Morgan fingerprint density at radius 3 is 2.53 bits per heavy atom. The molecule has 1 unspecified atom stereocenters. The average Bonchev–Trinajstić information content (AvgIpc) is 2.43. The van der Waals surface area contributed by atoms with E-state index in [0.29, 0.717) is 5.56 Å². The van der Waals surface area contributed by atoms with E-state index in [1.54, 1.807) is 0 Å². The molecule has 1 atom stereocenters. The first-order valence-corrected chi connectivity index (χ1v) is 6.65. The Bertz CT molecular complexity index is 489. The van der Waals surface area contributed by atoms with Crippen molar-refractivity contribution in [2.75, 3.05) is 13.1 Å². The van der Waals surface area contributed by atoms with E-state index in [1.807, 2.05) is 6.92 Å². The highest BCUT2D eigenvalue weighted by Crippen LogP contribution is 2.25. The summed E-state index contributed by atoms with van der Waals surface area (Å²) in [5, 5.41) is 9.46. The second-order valence-electron chi connectivity index (χ2n) is 5.35. The van der Waals surface area contributed by atoms with Crippen LogP contribution in [-0.2, 0) is 6.42 Å². The molecule has 1 aliphatic rings.